The molecule has 0 aromatic carbocycles. The van der Waals surface area contributed by atoms with Gasteiger partial charge in [0.1, 0.15) is 0 Å². The lowest BCUT2D eigenvalue weighted by Gasteiger charge is -2.32. The van der Waals surface area contributed by atoms with E-state index in [0.717, 1.165) is 13.0 Å². The highest BCUT2D eigenvalue weighted by molar-refractivity contribution is 4.79. The van der Waals surface area contributed by atoms with E-state index in [-0.39, 0.29) is 12.0 Å². The second-order valence-corrected chi connectivity index (χ2v) is 4.89. The highest BCUT2D eigenvalue weighted by Gasteiger charge is 2.26. The van der Waals surface area contributed by atoms with Gasteiger partial charge in [-0.1, -0.05) is 13.8 Å². The normalized spacial score (nSPS) is 18.6. The van der Waals surface area contributed by atoms with Crippen LogP contribution in [0.15, 0.2) is 0 Å². The summed E-state index contributed by atoms with van der Waals surface area (Å²) in [6, 6.07) is 0. The molecule has 0 aromatic rings. The zero-order chi connectivity index (χ0) is 11.4. The number of hydrogen-bond acceptors (Lipinski definition) is 3. The van der Waals surface area contributed by atoms with E-state index >= 15 is 0 Å². The van der Waals surface area contributed by atoms with Gasteiger partial charge in [-0.05, 0) is 33.2 Å². The van der Waals surface area contributed by atoms with Crippen molar-refractivity contribution in [1.29, 1.82) is 0 Å². The van der Waals surface area contributed by atoms with Crippen molar-refractivity contribution in [3.8, 4) is 0 Å². The van der Waals surface area contributed by atoms with Gasteiger partial charge in [-0.25, -0.2) is 0 Å². The summed E-state index contributed by atoms with van der Waals surface area (Å²) in [5.74, 6) is 0.247. The van der Waals surface area contributed by atoms with E-state index in [4.69, 9.17) is 5.11 Å². The van der Waals surface area contributed by atoms with Crippen molar-refractivity contribution in [2.75, 3.05) is 20.1 Å². The van der Waals surface area contributed by atoms with Crippen LogP contribution < -0.4 is 0 Å². The molecule has 0 aliphatic rings. The van der Waals surface area contributed by atoms with E-state index < -0.39 is 5.60 Å². The molecule has 2 unspecified atom stereocenters. The SMILES string of the molecule is CC(O)CCN(C)CC(C)(O)C(C)C. The Balaban J connectivity index is 3.87. The summed E-state index contributed by atoms with van der Waals surface area (Å²) >= 11 is 0. The molecule has 0 radical (unpaired) electrons. The van der Waals surface area contributed by atoms with Gasteiger partial charge in [0.15, 0.2) is 0 Å². The lowest BCUT2D eigenvalue weighted by molar-refractivity contribution is -0.0150. The summed E-state index contributed by atoms with van der Waals surface area (Å²) in [7, 11) is 1.97. The average molecular weight is 203 g/mol. The molecule has 0 aliphatic carbocycles. The molecular formula is C11H25NO2. The third-order valence-electron chi connectivity index (χ3n) is 2.76. The average Bonchev–Trinajstić information content (AvgIpc) is 1.99. The van der Waals surface area contributed by atoms with E-state index in [2.05, 4.69) is 4.90 Å². The van der Waals surface area contributed by atoms with Gasteiger partial charge in [-0.15, -0.1) is 0 Å². The Kier molecular flexibility index (Phi) is 5.64. The Morgan fingerprint density at radius 3 is 2.14 bits per heavy atom. The standard InChI is InChI=1S/C11H25NO2/c1-9(2)11(4,14)8-12(5)7-6-10(3)13/h9-10,13-14H,6-8H2,1-5H3. The lowest BCUT2D eigenvalue weighted by Crippen LogP contribution is -2.43. The van der Waals surface area contributed by atoms with Crippen molar-refractivity contribution in [2.24, 2.45) is 5.92 Å². The molecule has 0 saturated heterocycles. The highest BCUT2D eigenvalue weighted by Crippen LogP contribution is 2.16. The monoisotopic (exact) mass is 203 g/mol. The summed E-state index contributed by atoms with van der Waals surface area (Å²) < 4.78 is 0. The van der Waals surface area contributed by atoms with Crippen molar-refractivity contribution >= 4 is 0 Å². The van der Waals surface area contributed by atoms with Crippen molar-refractivity contribution < 1.29 is 10.2 Å². The van der Waals surface area contributed by atoms with Crippen LogP contribution in [0.3, 0.4) is 0 Å². The van der Waals surface area contributed by atoms with Crippen molar-refractivity contribution in [3.63, 3.8) is 0 Å². The second kappa shape index (κ2) is 5.69. The minimum Gasteiger partial charge on any atom is -0.393 e. The molecule has 0 spiro atoms. The number of aliphatic hydroxyl groups excluding tert-OH is 1. The Labute approximate surface area is 87.7 Å². The van der Waals surface area contributed by atoms with Crippen LogP contribution in [0.2, 0.25) is 0 Å². The maximum absolute atomic E-state index is 10.0. The fourth-order valence-corrected chi connectivity index (χ4v) is 1.22. The van der Waals surface area contributed by atoms with E-state index in [9.17, 15) is 5.11 Å². The molecule has 0 saturated carbocycles. The van der Waals surface area contributed by atoms with Crippen molar-refractivity contribution in [3.05, 3.63) is 0 Å². The number of nitrogens with zero attached hydrogens (tertiary/aromatic N) is 1. The van der Waals surface area contributed by atoms with E-state index in [1.807, 2.05) is 27.8 Å². The van der Waals surface area contributed by atoms with Gasteiger partial charge in [0.05, 0.1) is 11.7 Å². The minimum absolute atomic E-state index is 0.247. The van der Waals surface area contributed by atoms with Crippen molar-refractivity contribution in [1.82, 2.24) is 4.90 Å². The quantitative estimate of drug-likeness (QED) is 0.679. The van der Waals surface area contributed by atoms with Crippen LogP contribution in [0.5, 0.6) is 0 Å². The molecule has 0 amide bonds. The third-order valence-corrected chi connectivity index (χ3v) is 2.76. The van der Waals surface area contributed by atoms with Crippen LogP contribution in [-0.4, -0.2) is 47.0 Å². The molecule has 0 aromatic heterocycles. The first kappa shape index (κ1) is 13.9. The third kappa shape index (κ3) is 5.58. The van der Waals surface area contributed by atoms with Gasteiger partial charge in [0.25, 0.3) is 0 Å². The highest BCUT2D eigenvalue weighted by atomic mass is 16.3. The summed E-state index contributed by atoms with van der Waals surface area (Å²) in [5.41, 5.74) is -0.645. The zero-order valence-corrected chi connectivity index (χ0v) is 10.1. The van der Waals surface area contributed by atoms with Gasteiger partial charge < -0.3 is 15.1 Å². The Morgan fingerprint density at radius 2 is 1.79 bits per heavy atom. The molecule has 0 aliphatic heterocycles. The Bertz CT molecular complexity index is 155. The van der Waals surface area contributed by atoms with Crippen LogP contribution in [0.25, 0.3) is 0 Å². The molecule has 3 nitrogen and oxygen atoms in total. The fraction of sp³-hybridized carbons (Fsp3) is 1.00. The smallest absolute Gasteiger partial charge is 0.0768 e. The van der Waals surface area contributed by atoms with Crippen LogP contribution in [-0.2, 0) is 0 Å². The first-order valence-electron chi connectivity index (χ1n) is 5.34. The number of hydrogen-bond donors (Lipinski definition) is 2. The number of aliphatic hydroxyl groups is 2. The summed E-state index contributed by atoms with van der Waals surface area (Å²) in [6.07, 6.45) is 0.492. The molecule has 0 heterocycles. The predicted octanol–water partition coefficient (Wildman–Crippen LogP) is 1.10. The number of rotatable bonds is 6. The number of likely N-dealkylation sites (N-methyl/N-ethyl adjacent to an activating group) is 1. The van der Waals surface area contributed by atoms with Crippen molar-refractivity contribution in [2.45, 2.75) is 45.8 Å². The van der Waals surface area contributed by atoms with Gasteiger partial charge in [-0.2, -0.15) is 0 Å². The van der Waals surface area contributed by atoms with E-state index in [1.165, 1.54) is 0 Å². The summed E-state index contributed by atoms with van der Waals surface area (Å²) in [4.78, 5) is 2.06. The largest absolute Gasteiger partial charge is 0.393 e. The topological polar surface area (TPSA) is 43.7 Å². The molecule has 0 rings (SSSR count). The Morgan fingerprint density at radius 1 is 1.29 bits per heavy atom. The van der Waals surface area contributed by atoms with Gasteiger partial charge in [0, 0.05) is 13.1 Å². The minimum atomic E-state index is -0.645. The van der Waals surface area contributed by atoms with Gasteiger partial charge in [-0.3, -0.25) is 0 Å². The Hall–Kier alpha value is -0.120. The summed E-state index contributed by atoms with van der Waals surface area (Å²) in [5, 5.41) is 19.1. The molecule has 0 fully saturated rings. The molecular weight excluding hydrogens is 178 g/mol. The maximum atomic E-state index is 10.0. The van der Waals surface area contributed by atoms with E-state index in [1.54, 1.807) is 6.92 Å². The van der Waals surface area contributed by atoms with Crippen LogP contribution in [0, 0.1) is 5.92 Å². The van der Waals surface area contributed by atoms with Gasteiger partial charge >= 0.3 is 0 Å². The zero-order valence-electron chi connectivity index (χ0n) is 10.1. The molecule has 14 heavy (non-hydrogen) atoms. The summed E-state index contributed by atoms with van der Waals surface area (Å²) in [6.45, 7) is 9.15. The fourth-order valence-electron chi connectivity index (χ4n) is 1.22. The maximum Gasteiger partial charge on any atom is 0.0768 e. The molecule has 3 heteroatoms. The van der Waals surface area contributed by atoms with Crippen LogP contribution in [0.1, 0.15) is 34.1 Å². The van der Waals surface area contributed by atoms with Gasteiger partial charge in [0.2, 0.25) is 0 Å². The first-order chi connectivity index (χ1) is 6.25. The van der Waals surface area contributed by atoms with E-state index in [0.29, 0.717) is 6.54 Å². The molecule has 86 valence electrons. The lowest BCUT2D eigenvalue weighted by atomic mass is 9.92. The van der Waals surface area contributed by atoms with Crippen LogP contribution in [0.4, 0.5) is 0 Å². The first-order valence-corrected chi connectivity index (χ1v) is 5.34. The predicted molar refractivity (Wildman–Crippen MR) is 59.3 cm³/mol. The van der Waals surface area contributed by atoms with Crippen LogP contribution >= 0.6 is 0 Å². The second-order valence-electron chi connectivity index (χ2n) is 4.89. The molecule has 0 bridgehead atoms. The molecule has 2 N–H and O–H groups in total. The molecule has 2 atom stereocenters.